The molecule has 0 aliphatic carbocycles. The summed E-state index contributed by atoms with van der Waals surface area (Å²) in [6, 6.07) is 0. The Kier molecular flexibility index (Phi) is 6.49. The van der Waals surface area contributed by atoms with Crippen LogP contribution in [0.2, 0.25) is 0 Å². The Bertz CT molecular complexity index is 295. The molecule has 3 N–H and O–H groups in total. The van der Waals surface area contributed by atoms with Gasteiger partial charge in [0, 0.05) is 25.7 Å². The number of hydroxylamine groups is 2. The molecule has 8 heteroatoms. The lowest BCUT2D eigenvalue weighted by atomic mass is 10.2. The second-order valence-electron chi connectivity index (χ2n) is 3.24. The van der Waals surface area contributed by atoms with Gasteiger partial charge < -0.3 is 10.2 Å². The van der Waals surface area contributed by atoms with Crippen molar-refractivity contribution in [1.82, 2.24) is 5.06 Å². The predicted molar refractivity (Wildman–Crippen MR) is 52.0 cm³/mol. The van der Waals surface area contributed by atoms with Gasteiger partial charge in [0.25, 0.3) is 11.8 Å². The number of aliphatic carboxylic acids is 2. The summed E-state index contributed by atoms with van der Waals surface area (Å²) >= 11 is 0. The highest BCUT2D eigenvalue weighted by Crippen LogP contribution is 2.07. The van der Waals surface area contributed by atoms with Crippen LogP contribution in [0.3, 0.4) is 0 Å². The number of carboxylic acids is 2. The third kappa shape index (κ3) is 7.01. The molecule has 0 aromatic heterocycles. The largest absolute Gasteiger partial charge is 0.481 e. The zero-order chi connectivity index (χ0) is 13.4. The molecule has 0 atom stereocenters. The highest BCUT2D eigenvalue weighted by atomic mass is 16.5. The second kappa shape index (κ2) is 7.34. The van der Waals surface area contributed by atoms with Crippen molar-refractivity contribution in [3.8, 4) is 0 Å². The molecule has 0 spiro atoms. The number of nitrogens with zero attached hydrogens (tertiary/aromatic N) is 1. The normalized spacial score (nSPS) is 14.3. The summed E-state index contributed by atoms with van der Waals surface area (Å²) in [7, 11) is 0. The molecule has 96 valence electrons. The van der Waals surface area contributed by atoms with Gasteiger partial charge >= 0.3 is 11.9 Å². The van der Waals surface area contributed by atoms with E-state index in [2.05, 4.69) is 0 Å². The summed E-state index contributed by atoms with van der Waals surface area (Å²) in [5, 5.41) is 24.6. The van der Waals surface area contributed by atoms with Crippen molar-refractivity contribution >= 4 is 23.8 Å². The molecule has 1 fully saturated rings. The first-order chi connectivity index (χ1) is 7.84. The third-order valence-corrected chi connectivity index (χ3v) is 1.81. The maximum atomic E-state index is 10.2. The number of hydrogen-bond donors (Lipinski definition) is 3. The van der Waals surface area contributed by atoms with Crippen LogP contribution in [-0.2, 0) is 19.2 Å². The van der Waals surface area contributed by atoms with Crippen LogP contribution < -0.4 is 0 Å². The van der Waals surface area contributed by atoms with Gasteiger partial charge in [-0.3, -0.25) is 24.4 Å². The van der Waals surface area contributed by atoms with Gasteiger partial charge in [-0.25, -0.2) is 0 Å². The van der Waals surface area contributed by atoms with E-state index in [-0.39, 0.29) is 37.2 Å². The molecule has 17 heavy (non-hydrogen) atoms. The fourth-order valence-electron chi connectivity index (χ4n) is 0.956. The first kappa shape index (κ1) is 15.0. The van der Waals surface area contributed by atoms with Crippen molar-refractivity contribution in [3.63, 3.8) is 0 Å². The van der Waals surface area contributed by atoms with Gasteiger partial charge in [0.1, 0.15) is 0 Å². The minimum absolute atomic E-state index is 0.0632. The van der Waals surface area contributed by atoms with Crippen molar-refractivity contribution in [1.29, 1.82) is 0 Å². The molecule has 1 aliphatic heterocycles. The summed E-state index contributed by atoms with van der Waals surface area (Å²) in [5.74, 6) is -2.91. The number of hydrogen-bond acceptors (Lipinski definition) is 5. The van der Waals surface area contributed by atoms with Gasteiger partial charge in [0.15, 0.2) is 0 Å². The monoisotopic (exact) mass is 247 g/mol. The first-order valence-corrected chi connectivity index (χ1v) is 4.83. The molecule has 1 aliphatic rings. The van der Waals surface area contributed by atoms with Gasteiger partial charge in [-0.05, 0) is 6.42 Å². The van der Waals surface area contributed by atoms with Crippen molar-refractivity contribution in [2.45, 2.75) is 32.1 Å². The molecular weight excluding hydrogens is 234 g/mol. The first-order valence-electron chi connectivity index (χ1n) is 4.83. The van der Waals surface area contributed by atoms with E-state index >= 15 is 0 Å². The van der Waals surface area contributed by atoms with Gasteiger partial charge in [0.05, 0.1) is 0 Å². The van der Waals surface area contributed by atoms with E-state index in [1.54, 1.807) is 0 Å². The molecule has 1 saturated heterocycles. The van der Waals surface area contributed by atoms with Gasteiger partial charge in [0.2, 0.25) is 0 Å². The SMILES string of the molecule is O=C(O)CCCC(=O)O.O=C1CCC(=O)N1O. The molecule has 0 unspecified atom stereocenters. The average molecular weight is 247 g/mol. The second-order valence-corrected chi connectivity index (χ2v) is 3.24. The van der Waals surface area contributed by atoms with Crippen LogP contribution in [0.4, 0.5) is 0 Å². The number of carbonyl (C=O) groups excluding carboxylic acids is 2. The summed E-state index contributed by atoms with van der Waals surface area (Å²) in [6.45, 7) is 0. The lowest BCUT2D eigenvalue weighted by molar-refractivity contribution is -0.171. The molecule has 0 radical (unpaired) electrons. The summed E-state index contributed by atoms with van der Waals surface area (Å²) in [5.41, 5.74) is 0. The van der Waals surface area contributed by atoms with Crippen molar-refractivity contribution in [2.75, 3.05) is 0 Å². The summed E-state index contributed by atoms with van der Waals surface area (Å²) in [6.07, 6.45) is 0.383. The minimum Gasteiger partial charge on any atom is -0.481 e. The Morgan fingerprint density at radius 3 is 1.53 bits per heavy atom. The smallest absolute Gasteiger partial charge is 0.303 e. The van der Waals surface area contributed by atoms with Crippen molar-refractivity contribution in [3.05, 3.63) is 0 Å². The summed E-state index contributed by atoms with van der Waals surface area (Å²) < 4.78 is 0. The van der Waals surface area contributed by atoms with Crippen LogP contribution in [0, 0.1) is 0 Å². The average Bonchev–Trinajstić information content (AvgIpc) is 2.49. The predicted octanol–water partition coefficient (Wildman–Crippen LogP) is -0.149. The maximum Gasteiger partial charge on any atom is 0.303 e. The molecule has 1 heterocycles. The minimum atomic E-state index is -0.948. The lowest BCUT2D eigenvalue weighted by Gasteiger charge is -1.98. The zero-order valence-electron chi connectivity index (χ0n) is 8.96. The number of carbonyl (C=O) groups is 4. The molecular formula is C9H13NO7. The molecule has 0 saturated carbocycles. The van der Waals surface area contributed by atoms with Crippen LogP contribution in [0.25, 0.3) is 0 Å². The highest BCUT2D eigenvalue weighted by Gasteiger charge is 2.26. The van der Waals surface area contributed by atoms with Crippen LogP contribution >= 0.6 is 0 Å². The van der Waals surface area contributed by atoms with Gasteiger partial charge in [-0.2, -0.15) is 5.06 Å². The topological polar surface area (TPSA) is 132 Å². The summed E-state index contributed by atoms with van der Waals surface area (Å²) in [4.78, 5) is 40.1. The Labute approximate surface area is 96.4 Å². The Balaban J connectivity index is 0.000000302. The Morgan fingerprint density at radius 1 is 1.00 bits per heavy atom. The molecule has 2 amide bonds. The number of rotatable bonds is 4. The molecule has 1 rings (SSSR count). The fourth-order valence-corrected chi connectivity index (χ4v) is 0.956. The third-order valence-electron chi connectivity index (χ3n) is 1.81. The molecule has 0 aromatic carbocycles. The van der Waals surface area contributed by atoms with Crippen LogP contribution in [0.5, 0.6) is 0 Å². The van der Waals surface area contributed by atoms with E-state index in [4.69, 9.17) is 15.4 Å². The fraction of sp³-hybridized carbons (Fsp3) is 0.556. The van der Waals surface area contributed by atoms with E-state index in [0.717, 1.165) is 0 Å². The van der Waals surface area contributed by atoms with E-state index in [1.807, 2.05) is 0 Å². The Morgan fingerprint density at radius 2 is 1.35 bits per heavy atom. The molecule has 0 bridgehead atoms. The molecule has 8 nitrogen and oxygen atoms in total. The number of imide groups is 1. The van der Waals surface area contributed by atoms with Crippen LogP contribution in [0.1, 0.15) is 32.1 Å². The maximum absolute atomic E-state index is 10.2. The van der Waals surface area contributed by atoms with E-state index in [1.165, 1.54) is 0 Å². The molecule has 0 aromatic rings. The van der Waals surface area contributed by atoms with Crippen molar-refractivity contribution in [2.24, 2.45) is 0 Å². The quantitative estimate of drug-likeness (QED) is 0.464. The van der Waals surface area contributed by atoms with Gasteiger partial charge in [-0.15, -0.1) is 0 Å². The Hall–Kier alpha value is -1.96. The van der Waals surface area contributed by atoms with E-state index < -0.39 is 23.8 Å². The van der Waals surface area contributed by atoms with Crippen LogP contribution in [0.15, 0.2) is 0 Å². The lowest BCUT2D eigenvalue weighted by Crippen LogP contribution is -2.24. The zero-order valence-corrected chi connectivity index (χ0v) is 8.96. The highest BCUT2D eigenvalue weighted by molar-refractivity contribution is 6.00. The van der Waals surface area contributed by atoms with Crippen molar-refractivity contribution < 1.29 is 34.6 Å². The standard InChI is InChI=1S/C5H8O4.C4H5NO3/c6-4(7)2-1-3-5(8)9;6-3-1-2-4(7)5(3)8/h1-3H2,(H,6,7)(H,8,9);8H,1-2H2. The number of carboxylic acid groups (broad SMARTS) is 2. The van der Waals surface area contributed by atoms with E-state index in [0.29, 0.717) is 0 Å². The van der Waals surface area contributed by atoms with Crippen LogP contribution in [-0.4, -0.2) is 44.2 Å². The van der Waals surface area contributed by atoms with Gasteiger partial charge in [-0.1, -0.05) is 0 Å². The number of amides is 2. The van der Waals surface area contributed by atoms with E-state index in [9.17, 15) is 19.2 Å².